The van der Waals surface area contributed by atoms with Crippen molar-refractivity contribution < 1.29 is 9.66 Å². The predicted molar refractivity (Wildman–Crippen MR) is 75.5 cm³/mol. The van der Waals surface area contributed by atoms with Crippen LogP contribution in [-0.2, 0) is 6.54 Å². The average Bonchev–Trinajstić information content (AvgIpc) is 2.37. The second kappa shape index (κ2) is 7.74. The van der Waals surface area contributed by atoms with Crippen LogP contribution in [0.3, 0.4) is 0 Å². The Morgan fingerprint density at radius 3 is 2.74 bits per heavy atom. The van der Waals surface area contributed by atoms with Gasteiger partial charge < -0.3 is 10.1 Å². The van der Waals surface area contributed by atoms with Crippen LogP contribution in [0.4, 0.5) is 5.69 Å². The van der Waals surface area contributed by atoms with E-state index in [0.717, 1.165) is 30.7 Å². The Bertz CT molecular complexity index is 421. The molecule has 1 N–H and O–H groups in total. The summed E-state index contributed by atoms with van der Waals surface area (Å²) in [4.78, 5) is 10.4. The van der Waals surface area contributed by atoms with E-state index < -0.39 is 0 Å². The lowest BCUT2D eigenvalue weighted by Crippen LogP contribution is -2.16. The number of nitrogens with one attached hydrogen (secondary N) is 1. The van der Waals surface area contributed by atoms with Gasteiger partial charge in [-0.1, -0.05) is 20.3 Å². The molecule has 0 saturated carbocycles. The molecule has 0 aliphatic carbocycles. The topological polar surface area (TPSA) is 64.4 Å². The lowest BCUT2D eigenvalue weighted by Gasteiger charge is -2.17. The van der Waals surface area contributed by atoms with Crippen LogP contribution in [0.2, 0.25) is 0 Å². The van der Waals surface area contributed by atoms with Crippen LogP contribution in [0, 0.1) is 10.1 Å². The van der Waals surface area contributed by atoms with Crippen molar-refractivity contribution in [3.05, 3.63) is 33.9 Å². The van der Waals surface area contributed by atoms with E-state index in [9.17, 15) is 10.1 Å². The molecule has 1 unspecified atom stereocenters. The van der Waals surface area contributed by atoms with Gasteiger partial charge in [0.25, 0.3) is 5.69 Å². The van der Waals surface area contributed by atoms with Crippen molar-refractivity contribution in [2.75, 3.05) is 6.54 Å². The zero-order valence-corrected chi connectivity index (χ0v) is 11.8. The Kier molecular flexibility index (Phi) is 6.29. The summed E-state index contributed by atoms with van der Waals surface area (Å²) in [5.41, 5.74) is 0.933. The summed E-state index contributed by atoms with van der Waals surface area (Å²) in [6.07, 6.45) is 2.14. The Morgan fingerprint density at radius 2 is 2.16 bits per heavy atom. The molecule has 1 aromatic carbocycles. The largest absolute Gasteiger partial charge is 0.490 e. The molecule has 0 saturated heterocycles. The molecule has 0 spiro atoms. The van der Waals surface area contributed by atoms with Gasteiger partial charge in [-0.05, 0) is 26.0 Å². The fourth-order valence-electron chi connectivity index (χ4n) is 1.87. The fraction of sp³-hybridized carbons (Fsp3) is 0.571. The Hall–Kier alpha value is -1.62. The summed E-state index contributed by atoms with van der Waals surface area (Å²) in [7, 11) is 0. The van der Waals surface area contributed by atoms with E-state index in [4.69, 9.17) is 4.74 Å². The second-order valence-electron chi connectivity index (χ2n) is 4.55. The highest BCUT2D eigenvalue weighted by Crippen LogP contribution is 2.25. The Morgan fingerprint density at radius 1 is 1.42 bits per heavy atom. The standard InChI is InChI=1S/C14H22N2O3/c1-4-6-11(3)19-14-8-7-13(16(17)18)9-12(14)10-15-5-2/h7-9,11,15H,4-6,10H2,1-3H3. The molecular formula is C14H22N2O3. The van der Waals surface area contributed by atoms with Gasteiger partial charge in [-0.25, -0.2) is 0 Å². The van der Waals surface area contributed by atoms with Gasteiger partial charge in [0.2, 0.25) is 0 Å². The second-order valence-corrected chi connectivity index (χ2v) is 4.55. The molecule has 1 aromatic rings. The first-order valence-corrected chi connectivity index (χ1v) is 6.73. The first-order chi connectivity index (χ1) is 9.08. The summed E-state index contributed by atoms with van der Waals surface area (Å²) in [6, 6.07) is 4.76. The van der Waals surface area contributed by atoms with Gasteiger partial charge in [-0.3, -0.25) is 10.1 Å². The number of nitro benzene ring substituents is 1. The lowest BCUT2D eigenvalue weighted by atomic mass is 10.1. The van der Waals surface area contributed by atoms with Gasteiger partial charge in [-0.15, -0.1) is 0 Å². The number of nitro groups is 1. The van der Waals surface area contributed by atoms with Crippen LogP contribution >= 0.6 is 0 Å². The minimum atomic E-state index is -0.380. The van der Waals surface area contributed by atoms with Crippen LogP contribution < -0.4 is 10.1 Å². The molecule has 106 valence electrons. The number of nitrogens with zero attached hydrogens (tertiary/aromatic N) is 1. The molecule has 1 rings (SSSR count). The van der Waals surface area contributed by atoms with Crippen LogP contribution in [0.25, 0.3) is 0 Å². The number of benzene rings is 1. The molecule has 19 heavy (non-hydrogen) atoms. The van der Waals surface area contributed by atoms with Crippen molar-refractivity contribution in [1.82, 2.24) is 5.32 Å². The maximum absolute atomic E-state index is 10.8. The average molecular weight is 266 g/mol. The molecule has 0 radical (unpaired) electrons. The van der Waals surface area contributed by atoms with Crippen LogP contribution in [-0.4, -0.2) is 17.6 Å². The zero-order chi connectivity index (χ0) is 14.3. The molecule has 0 bridgehead atoms. The van der Waals surface area contributed by atoms with Crippen LogP contribution in [0.5, 0.6) is 5.75 Å². The molecular weight excluding hydrogens is 244 g/mol. The molecule has 1 atom stereocenters. The van der Waals surface area contributed by atoms with Crippen molar-refractivity contribution in [2.45, 2.75) is 46.3 Å². The number of hydrogen-bond acceptors (Lipinski definition) is 4. The van der Waals surface area contributed by atoms with E-state index in [1.807, 2.05) is 13.8 Å². The number of non-ortho nitro benzene ring substituents is 1. The highest BCUT2D eigenvalue weighted by Gasteiger charge is 2.13. The molecule has 0 aromatic heterocycles. The third kappa shape index (κ3) is 4.87. The normalized spacial score (nSPS) is 12.2. The van der Waals surface area contributed by atoms with Crippen molar-refractivity contribution in [3.63, 3.8) is 0 Å². The van der Waals surface area contributed by atoms with Crippen molar-refractivity contribution in [1.29, 1.82) is 0 Å². The molecule has 0 aliphatic rings. The van der Waals surface area contributed by atoms with Gasteiger partial charge >= 0.3 is 0 Å². The number of ether oxygens (including phenoxy) is 1. The number of hydrogen-bond donors (Lipinski definition) is 1. The predicted octanol–water partition coefficient (Wildman–Crippen LogP) is 3.27. The highest BCUT2D eigenvalue weighted by molar-refractivity contribution is 5.43. The van der Waals surface area contributed by atoms with Crippen molar-refractivity contribution in [2.24, 2.45) is 0 Å². The minimum Gasteiger partial charge on any atom is -0.490 e. The number of rotatable bonds is 8. The third-order valence-corrected chi connectivity index (χ3v) is 2.84. The molecule has 5 heteroatoms. The van der Waals surface area contributed by atoms with E-state index in [-0.39, 0.29) is 16.7 Å². The van der Waals surface area contributed by atoms with Gasteiger partial charge in [-0.2, -0.15) is 0 Å². The molecule has 0 amide bonds. The van der Waals surface area contributed by atoms with E-state index in [0.29, 0.717) is 6.54 Å². The lowest BCUT2D eigenvalue weighted by molar-refractivity contribution is -0.384. The maximum Gasteiger partial charge on any atom is 0.270 e. The summed E-state index contributed by atoms with van der Waals surface area (Å²) in [6.45, 7) is 7.51. The van der Waals surface area contributed by atoms with Gasteiger partial charge in [0.05, 0.1) is 11.0 Å². The van der Waals surface area contributed by atoms with Gasteiger partial charge in [0.1, 0.15) is 5.75 Å². The van der Waals surface area contributed by atoms with Crippen molar-refractivity contribution >= 4 is 5.69 Å². The highest BCUT2D eigenvalue weighted by atomic mass is 16.6. The quantitative estimate of drug-likeness (QED) is 0.579. The Balaban J connectivity index is 2.91. The zero-order valence-electron chi connectivity index (χ0n) is 11.8. The van der Waals surface area contributed by atoms with Crippen LogP contribution in [0.15, 0.2) is 18.2 Å². The first kappa shape index (κ1) is 15.4. The van der Waals surface area contributed by atoms with Gasteiger partial charge in [0.15, 0.2) is 0 Å². The third-order valence-electron chi connectivity index (χ3n) is 2.84. The first-order valence-electron chi connectivity index (χ1n) is 6.73. The van der Waals surface area contributed by atoms with E-state index in [2.05, 4.69) is 12.2 Å². The molecule has 0 aliphatic heterocycles. The van der Waals surface area contributed by atoms with Crippen LogP contribution in [0.1, 0.15) is 39.2 Å². The van der Waals surface area contributed by atoms with Crippen molar-refractivity contribution in [3.8, 4) is 5.75 Å². The molecule has 0 heterocycles. The summed E-state index contributed by atoms with van der Waals surface area (Å²) in [5, 5.41) is 14.0. The smallest absolute Gasteiger partial charge is 0.270 e. The van der Waals surface area contributed by atoms with E-state index in [1.165, 1.54) is 6.07 Å². The summed E-state index contributed by atoms with van der Waals surface area (Å²) in [5.74, 6) is 0.729. The maximum atomic E-state index is 10.8. The SMILES string of the molecule is CCCC(C)Oc1ccc([N+](=O)[O-])cc1CNCC. The molecule has 5 nitrogen and oxygen atoms in total. The monoisotopic (exact) mass is 266 g/mol. The Labute approximate surface area is 114 Å². The molecule has 0 fully saturated rings. The minimum absolute atomic E-state index is 0.100. The van der Waals surface area contributed by atoms with E-state index >= 15 is 0 Å². The van der Waals surface area contributed by atoms with E-state index in [1.54, 1.807) is 12.1 Å². The fourth-order valence-corrected chi connectivity index (χ4v) is 1.87. The summed E-state index contributed by atoms with van der Waals surface area (Å²) < 4.78 is 5.86. The van der Waals surface area contributed by atoms with Gasteiger partial charge in [0, 0.05) is 24.2 Å². The summed E-state index contributed by atoms with van der Waals surface area (Å²) >= 11 is 0.